The molecule has 0 amide bonds. The fourth-order valence-corrected chi connectivity index (χ4v) is 3.06. The van der Waals surface area contributed by atoms with Crippen LogP contribution in [0.15, 0.2) is 6.07 Å². The molecular formula is C18H29N3. The third-order valence-electron chi connectivity index (χ3n) is 4.59. The maximum Gasteiger partial charge on any atom is 0.133 e. The molecule has 3 nitrogen and oxygen atoms in total. The second-order valence-corrected chi connectivity index (χ2v) is 6.89. The molecule has 3 rings (SSSR count). The maximum atomic E-state index is 4.94. The molecule has 0 atom stereocenters. The van der Waals surface area contributed by atoms with Gasteiger partial charge in [0, 0.05) is 30.4 Å². The number of nitrogens with one attached hydrogen (secondary N) is 1. The van der Waals surface area contributed by atoms with Crippen LogP contribution in [0.5, 0.6) is 0 Å². The molecule has 0 unspecified atom stereocenters. The van der Waals surface area contributed by atoms with Gasteiger partial charge >= 0.3 is 0 Å². The van der Waals surface area contributed by atoms with Crippen molar-refractivity contribution in [3.05, 3.63) is 22.9 Å². The van der Waals surface area contributed by atoms with Gasteiger partial charge in [-0.25, -0.2) is 4.98 Å². The molecule has 2 aliphatic rings. The van der Waals surface area contributed by atoms with Crippen molar-refractivity contribution in [2.75, 3.05) is 18.0 Å². The summed E-state index contributed by atoms with van der Waals surface area (Å²) in [6, 6.07) is 2.98. The first-order valence-electron chi connectivity index (χ1n) is 8.63. The topological polar surface area (TPSA) is 28.2 Å². The number of hydrogen-bond donors (Lipinski definition) is 1. The van der Waals surface area contributed by atoms with Crippen LogP contribution in [-0.4, -0.2) is 24.1 Å². The minimum absolute atomic E-state index is 0.754. The first kappa shape index (κ1) is 14.8. The number of anilines is 1. The molecule has 2 aliphatic carbocycles. The number of aryl methyl sites for hydroxylation is 2. The van der Waals surface area contributed by atoms with Gasteiger partial charge in [0.1, 0.15) is 5.82 Å². The Hall–Kier alpha value is -1.09. The molecular weight excluding hydrogens is 258 g/mol. The second-order valence-electron chi connectivity index (χ2n) is 6.89. The summed E-state index contributed by atoms with van der Waals surface area (Å²) in [4.78, 5) is 7.57. The van der Waals surface area contributed by atoms with Crippen LogP contribution in [0.4, 0.5) is 5.82 Å². The molecule has 0 aliphatic heterocycles. The van der Waals surface area contributed by atoms with Crippen molar-refractivity contribution in [2.45, 2.75) is 65.5 Å². The Kier molecular flexibility index (Phi) is 4.48. The zero-order valence-corrected chi connectivity index (χ0v) is 13.8. The van der Waals surface area contributed by atoms with Gasteiger partial charge < -0.3 is 10.2 Å². The summed E-state index contributed by atoms with van der Waals surface area (Å²) < 4.78 is 0. The van der Waals surface area contributed by atoms with Crippen LogP contribution < -0.4 is 10.2 Å². The van der Waals surface area contributed by atoms with Crippen molar-refractivity contribution >= 4 is 5.82 Å². The van der Waals surface area contributed by atoms with E-state index in [0.29, 0.717) is 0 Å². The molecule has 0 spiro atoms. The first-order chi connectivity index (χ1) is 10.2. The zero-order chi connectivity index (χ0) is 14.8. The number of rotatable bonds is 8. The predicted molar refractivity (Wildman–Crippen MR) is 88.8 cm³/mol. The van der Waals surface area contributed by atoms with Gasteiger partial charge in [0.05, 0.1) is 0 Å². The molecule has 0 aromatic carbocycles. The summed E-state index contributed by atoms with van der Waals surface area (Å²) in [7, 11) is 0. The van der Waals surface area contributed by atoms with E-state index in [0.717, 1.165) is 30.7 Å². The Morgan fingerprint density at radius 1 is 1.24 bits per heavy atom. The van der Waals surface area contributed by atoms with Crippen LogP contribution in [0.25, 0.3) is 0 Å². The van der Waals surface area contributed by atoms with Crippen molar-refractivity contribution in [3.8, 4) is 0 Å². The molecule has 0 bridgehead atoms. The lowest BCUT2D eigenvalue weighted by molar-refractivity contribution is 0.657. The Labute approximate surface area is 129 Å². The van der Waals surface area contributed by atoms with Crippen LogP contribution in [0, 0.1) is 19.8 Å². The molecule has 3 heteroatoms. The van der Waals surface area contributed by atoms with E-state index in [-0.39, 0.29) is 0 Å². The van der Waals surface area contributed by atoms with E-state index in [1.54, 1.807) is 0 Å². The third-order valence-corrected chi connectivity index (χ3v) is 4.59. The summed E-state index contributed by atoms with van der Waals surface area (Å²) in [6.07, 6.45) is 6.71. The first-order valence-corrected chi connectivity index (χ1v) is 8.63. The highest BCUT2D eigenvalue weighted by molar-refractivity contribution is 5.53. The Morgan fingerprint density at radius 3 is 2.62 bits per heavy atom. The molecule has 0 saturated heterocycles. The SMILES string of the molecule is CCCNCc1c(C)cc(C)nc1N(CC1CC1)C1CC1. The molecule has 1 heterocycles. The van der Waals surface area contributed by atoms with Gasteiger partial charge in [-0.15, -0.1) is 0 Å². The van der Waals surface area contributed by atoms with E-state index in [1.807, 2.05) is 0 Å². The third kappa shape index (κ3) is 3.76. The Balaban J connectivity index is 1.85. The van der Waals surface area contributed by atoms with Crippen LogP contribution in [0.3, 0.4) is 0 Å². The van der Waals surface area contributed by atoms with Crippen LogP contribution in [-0.2, 0) is 6.54 Å². The van der Waals surface area contributed by atoms with Crippen molar-refractivity contribution < 1.29 is 0 Å². The summed E-state index contributed by atoms with van der Waals surface area (Å²) in [6.45, 7) is 9.85. The number of nitrogens with zero attached hydrogens (tertiary/aromatic N) is 2. The summed E-state index contributed by atoms with van der Waals surface area (Å²) >= 11 is 0. The smallest absolute Gasteiger partial charge is 0.133 e. The Bertz CT molecular complexity index is 489. The quantitative estimate of drug-likeness (QED) is 0.741. The fourth-order valence-electron chi connectivity index (χ4n) is 3.06. The van der Waals surface area contributed by atoms with Gasteiger partial charge in [0.25, 0.3) is 0 Å². The largest absolute Gasteiger partial charge is 0.353 e. The monoisotopic (exact) mass is 287 g/mol. The molecule has 2 fully saturated rings. The molecule has 116 valence electrons. The number of pyridine rings is 1. The van der Waals surface area contributed by atoms with E-state index in [2.05, 4.69) is 37.1 Å². The van der Waals surface area contributed by atoms with Gasteiger partial charge in [-0.2, -0.15) is 0 Å². The van der Waals surface area contributed by atoms with Crippen LogP contribution >= 0.6 is 0 Å². The fraction of sp³-hybridized carbons (Fsp3) is 0.722. The van der Waals surface area contributed by atoms with Gasteiger partial charge in [-0.3, -0.25) is 0 Å². The number of hydrogen-bond acceptors (Lipinski definition) is 3. The normalized spacial score (nSPS) is 18.0. The maximum absolute atomic E-state index is 4.94. The van der Waals surface area contributed by atoms with Gasteiger partial charge in [0.15, 0.2) is 0 Å². The molecule has 21 heavy (non-hydrogen) atoms. The minimum atomic E-state index is 0.754. The molecule has 1 N–H and O–H groups in total. The van der Waals surface area contributed by atoms with E-state index >= 15 is 0 Å². The van der Waals surface area contributed by atoms with Gasteiger partial charge in [-0.05, 0) is 70.0 Å². The lowest BCUT2D eigenvalue weighted by Crippen LogP contribution is -2.31. The van der Waals surface area contributed by atoms with Crippen molar-refractivity contribution in [1.29, 1.82) is 0 Å². The summed E-state index contributed by atoms with van der Waals surface area (Å²) in [5.41, 5.74) is 3.97. The minimum Gasteiger partial charge on any atom is -0.353 e. The van der Waals surface area contributed by atoms with Crippen molar-refractivity contribution in [1.82, 2.24) is 10.3 Å². The van der Waals surface area contributed by atoms with E-state index in [1.165, 1.54) is 55.6 Å². The lowest BCUT2D eigenvalue weighted by Gasteiger charge is -2.27. The van der Waals surface area contributed by atoms with Crippen LogP contribution in [0.2, 0.25) is 0 Å². The highest BCUT2D eigenvalue weighted by Gasteiger charge is 2.35. The summed E-state index contributed by atoms with van der Waals surface area (Å²) in [5, 5.41) is 3.57. The standard InChI is InChI=1S/C18H29N3/c1-4-9-19-11-17-13(2)10-14(3)20-18(17)21(16-7-8-16)12-15-5-6-15/h10,15-16,19H,4-9,11-12H2,1-3H3. The van der Waals surface area contributed by atoms with Gasteiger partial charge in [-0.1, -0.05) is 6.92 Å². The van der Waals surface area contributed by atoms with E-state index in [9.17, 15) is 0 Å². The molecule has 2 saturated carbocycles. The van der Waals surface area contributed by atoms with Crippen molar-refractivity contribution in [3.63, 3.8) is 0 Å². The average Bonchev–Trinajstić information content (AvgIpc) is 3.32. The molecule has 1 aromatic heterocycles. The van der Waals surface area contributed by atoms with Crippen LogP contribution in [0.1, 0.15) is 55.8 Å². The zero-order valence-electron chi connectivity index (χ0n) is 13.8. The second kappa shape index (κ2) is 6.35. The number of aromatic nitrogens is 1. The lowest BCUT2D eigenvalue weighted by atomic mass is 10.1. The predicted octanol–water partition coefficient (Wildman–Crippen LogP) is 3.58. The van der Waals surface area contributed by atoms with Crippen molar-refractivity contribution in [2.24, 2.45) is 5.92 Å². The Morgan fingerprint density at radius 2 is 2.00 bits per heavy atom. The van der Waals surface area contributed by atoms with E-state index < -0.39 is 0 Å². The highest BCUT2D eigenvalue weighted by atomic mass is 15.2. The molecule has 1 aromatic rings. The van der Waals surface area contributed by atoms with E-state index in [4.69, 9.17) is 4.98 Å². The highest BCUT2D eigenvalue weighted by Crippen LogP contribution is 2.38. The van der Waals surface area contributed by atoms with Gasteiger partial charge in [0.2, 0.25) is 0 Å². The summed E-state index contributed by atoms with van der Waals surface area (Å²) in [5.74, 6) is 2.19. The molecule has 0 radical (unpaired) electrons. The average molecular weight is 287 g/mol.